The SMILES string of the molecule is c1ccc(-c2ccccc2N(c2ccccc2)c2cc3ccccc3c3c2oc2ccccc23)cc1. The first-order chi connectivity index (χ1) is 17.9. The molecule has 6 aromatic carbocycles. The van der Waals surface area contributed by atoms with Gasteiger partial charge in [-0.05, 0) is 46.7 Å². The van der Waals surface area contributed by atoms with E-state index in [-0.39, 0.29) is 0 Å². The highest BCUT2D eigenvalue weighted by Gasteiger charge is 2.23. The van der Waals surface area contributed by atoms with Crippen molar-refractivity contribution < 1.29 is 4.42 Å². The van der Waals surface area contributed by atoms with Gasteiger partial charge in [0.15, 0.2) is 5.58 Å². The Bertz CT molecular complexity index is 1830. The normalized spacial score (nSPS) is 11.3. The minimum Gasteiger partial charge on any atom is -0.454 e. The molecular formula is C34H23NO. The van der Waals surface area contributed by atoms with Crippen LogP contribution in [0.1, 0.15) is 0 Å². The maximum absolute atomic E-state index is 6.62. The third kappa shape index (κ3) is 3.27. The van der Waals surface area contributed by atoms with Crippen LogP contribution in [0.5, 0.6) is 0 Å². The number of hydrogen-bond donors (Lipinski definition) is 0. The minimum absolute atomic E-state index is 0.890. The molecule has 0 spiro atoms. The Morgan fingerprint density at radius 3 is 1.97 bits per heavy atom. The molecule has 0 radical (unpaired) electrons. The predicted octanol–water partition coefficient (Wildman–Crippen LogP) is 9.88. The van der Waals surface area contributed by atoms with Crippen molar-refractivity contribution >= 4 is 49.8 Å². The van der Waals surface area contributed by atoms with Gasteiger partial charge in [-0.25, -0.2) is 0 Å². The number of benzene rings is 6. The van der Waals surface area contributed by atoms with Gasteiger partial charge in [-0.1, -0.05) is 109 Å². The summed E-state index contributed by atoms with van der Waals surface area (Å²) in [5.74, 6) is 0. The Balaban J connectivity index is 1.61. The van der Waals surface area contributed by atoms with Crippen LogP contribution >= 0.6 is 0 Å². The third-order valence-corrected chi connectivity index (χ3v) is 6.84. The Labute approximate surface area is 209 Å². The van der Waals surface area contributed by atoms with Gasteiger partial charge in [0.25, 0.3) is 0 Å². The van der Waals surface area contributed by atoms with Gasteiger partial charge >= 0.3 is 0 Å². The van der Waals surface area contributed by atoms with E-state index in [1.165, 1.54) is 21.9 Å². The van der Waals surface area contributed by atoms with Crippen molar-refractivity contribution in [2.45, 2.75) is 0 Å². The molecule has 1 aromatic heterocycles. The number of nitrogens with zero attached hydrogens (tertiary/aromatic N) is 1. The molecule has 36 heavy (non-hydrogen) atoms. The van der Waals surface area contributed by atoms with E-state index in [0.717, 1.165) is 39.0 Å². The van der Waals surface area contributed by atoms with E-state index in [1.54, 1.807) is 0 Å². The van der Waals surface area contributed by atoms with Gasteiger partial charge in [-0.3, -0.25) is 0 Å². The van der Waals surface area contributed by atoms with Crippen LogP contribution < -0.4 is 4.90 Å². The van der Waals surface area contributed by atoms with Gasteiger partial charge in [-0.15, -0.1) is 0 Å². The van der Waals surface area contributed by atoms with E-state index in [2.05, 4.69) is 138 Å². The second-order valence-corrected chi connectivity index (χ2v) is 8.97. The lowest BCUT2D eigenvalue weighted by molar-refractivity contribution is 0.669. The average Bonchev–Trinajstić information content (AvgIpc) is 3.35. The zero-order chi connectivity index (χ0) is 23.9. The summed E-state index contributed by atoms with van der Waals surface area (Å²) in [5.41, 5.74) is 7.34. The first-order valence-corrected chi connectivity index (χ1v) is 12.2. The number of furan rings is 1. The van der Waals surface area contributed by atoms with Crippen LogP contribution in [-0.2, 0) is 0 Å². The lowest BCUT2D eigenvalue weighted by Gasteiger charge is -2.28. The summed E-state index contributed by atoms with van der Waals surface area (Å²) in [6.07, 6.45) is 0. The first kappa shape index (κ1) is 20.5. The molecule has 0 saturated heterocycles. The van der Waals surface area contributed by atoms with Crippen molar-refractivity contribution in [1.29, 1.82) is 0 Å². The Morgan fingerprint density at radius 2 is 1.14 bits per heavy atom. The van der Waals surface area contributed by atoms with Gasteiger partial charge in [0.05, 0.1) is 11.4 Å². The fraction of sp³-hybridized carbons (Fsp3) is 0. The molecule has 2 nitrogen and oxygen atoms in total. The summed E-state index contributed by atoms with van der Waals surface area (Å²) in [5, 5.41) is 4.67. The highest BCUT2D eigenvalue weighted by atomic mass is 16.3. The highest BCUT2D eigenvalue weighted by molar-refractivity contribution is 6.23. The molecule has 2 heteroatoms. The molecule has 0 saturated carbocycles. The van der Waals surface area contributed by atoms with Gasteiger partial charge in [0, 0.05) is 22.0 Å². The zero-order valence-corrected chi connectivity index (χ0v) is 19.6. The Kier molecular flexibility index (Phi) is 4.82. The second-order valence-electron chi connectivity index (χ2n) is 8.97. The fourth-order valence-corrected chi connectivity index (χ4v) is 5.24. The van der Waals surface area contributed by atoms with Gasteiger partial charge in [0.1, 0.15) is 5.58 Å². The van der Waals surface area contributed by atoms with Crippen molar-refractivity contribution in [3.8, 4) is 11.1 Å². The van der Waals surface area contributed by atoms with E-state index >= 15 is 0 Å². The number of anilines is 3. The number of fused-ring (bicyclic) bond motifs is 5. The van der Waals surface area contributed by atoms with Gasteiger partial charge in [-0.2, -0.15) is 0 Å². The van der Waals surface area contributed by atoms with E-state index in [0.29, 0.717) is 0 Å². The van der Waals surface area contributed by atoms with Gasteiger partial charge in [0.2, 0.25) is 0 Å². The number of para-hydroxylation sites is 3. The Hall–Kier alpha value is -4.82. The van der Waals surface area contributed by atoms with Crippen LogP contribution in [0.15, 0.2) is 144 Å². The van der Waals surface area contributed by atoms with Gasteiger partial charge < -0.3 is 9.32 Å². The minimum atomic E-state index is 0.890. The molecule has 170 valence electrons. The van der Waals surface area contributed by atoms with E-state index in [1.807, 2.05) is 6.07 Å². The molecule has 7 rings (SSSR count). The quantitative estimate of drug-likeness (QED) is 0.259. The summed E-state index contributed by atoms with van der Waals surface area (Å²) in [7, 11) is 0. The van der Waals surface area contributed by atoms with E-state index < -0.39 is 0 Å². The van der Waals surface area contributed by atoms with Crippen LogP contribution in [0.2, 0.25) is 0 Å². The number of hydrogen-bond acceptors (Lipinski definition) is 2. The van der Waals surface area contributed by atoms with E-state index in [9.17, 15) is 0 Å². The second kappa shape index (κ2) is 8.44. The molecule has 0 amide bonds. The molecule has 0 bridgehead atoms. The van der Waals surface area contributed by atoms with Crippen molar-refractivity contribution in [1.82, 2.24) is 0 Å². The molecule has 1 heterocycles. The third-order valence-electron chi connectivity index (χ3n) is 6.84. The van der Waals surface area contributed by atoms with Crippen LogP contribution in [0.3, 0.4) is 0 Å². The van der Waals surface area contributed by atoms with E-state index in [4.69, 9.17) is 4.42 Å². The monoisotopic (exact) mass is 461 g/mol. The fourth-order valence-electron chi connectivity index (χ4n) is 5.24. The summed E-state index contributed by atoms with van der Waals surface area (Å²) in [6, 6.07) is 48.9. The largest absolute Gasteiger partial charge is 0.454 e. The predicted molar refractivity (Wildman–Crippen MR) is 151 cm³/mol. The lowest BCUT2D eigenvalue weighted by Crippen LogP contribution is -2.11. The molecule has 7 aromatic rings. The smallest absolute Gasteiger partial charge is 0.160 e. The highest BCUT2D eigenvalue weighted by Crippen LogP contribution is 2.47. The van der Waals surface area contributed by atoms with Crippen LogP contribution in [0, 0.1) is 0 Å². The summed E-state index contributed by atoms with van der Waals surface area (Å²) in [4.78, 5) is 2.33. The molecule has 0 atom stereocenters. The molecule has 0 aliphatic rings. The molecule has 0 aliphatic heterocycles. The number of rotatable bonds is 4. The zero-order valence-electron chi connectivity index (χ0n) is 19.6. The topological polar surface area (TPSA) is 16.4 Å². The van der Waals surface area contributed by atoms with Crippen molar-refractivity contribution in [2.75, 3.05) is 4.90 Å². The Morgan fingerprint density at radius 1 is 0.500 bits per heavy atom. The summed E-state index contributed by atoms with van der Waals surface area (Å²) >= 11 is 0. The molecule has 0 fully saturated rings. The summed E-state index contributed by atoms with van der Waals surface area (Å²) in [6.45, 7) is 0. The van der Waals surface area contributed by atoms with Crippen LogP contribution in [-0.4, -0.2) is 0 Å². The van der Waals surface area contributed by atoms with Crippen molar-refractivity contribution in [2.24, 2.45) is 0 Å². The summed E-state index contributed by atoms with van der Waals surface area (Å²) < 4.78 is 6.62. The molecule has 0 aliphatic carbocycles. The lowest BCUT2D eigenvalue weighted by atomic mass is 9.99. The maximum atomic E-state index is 6.62. The average molecular weight is 462 g/mol. The van der Waals surface area contributed by atoms with Crippen LogP contribution in [0.4, 0.5) is 17.1 Å². The maximum Gasteiger partial charge on any atom is 0.160 e. The first-order valence-electron chi connectivity index (χ1n) is 12.2. The molecule has 0 unspecified atom stereocenters. The van der Waals surface area contributed by atoms with Crippen molar-refractivity contribution in [3.63, 3.8) is 0 Å². The molecule has 0 N–H and O–H groups in total. The van der Waals surface area contributed by atoms with Crippen molar-refractivity contribution in [3.05, 3.63) is 140 Å². The van der Waals surface area contributed by atoms with Crippen LogP contribution in [0.25, 0.3) is 43.8 Å². The standard InChI is InChI=1S/C34H23NO/c1-3-13-24(14-4-1)27-18-9-11-21-30(27)35(26-16-5-2-6-17-26)31-23-25-15-7-8-19-28(25)33-29-20-10-12-22-32(29)36-34(31)33/h1-23H. The molecular weight excluding hydrogens is 438 g/mol.